The average Bonchev–Trinajstić information content (AvgIpc) is 3.18. The standard InChI is InChI=1S/C18H16N2O4S/c21-17(13-9-10-25(22,23)11-13)19-14-7-5-12(6-8-14)18-20-15-3-1-2-4-16(15)24-18/h1-8,13H,9-11H2,(H,19,21). The van der Waals surface area contributed by atoms with Gasteiger partial charge in [-0.25, -0.2) is 13.4 Å². The fourth-order valence-electron chi connectivity index (χ4n) is 2.94. The zero-order chi connectivity index (χ0) is 17.4. The van der Waals surface area contributed by atoms with Gasteiger partial charge in [-0.2, -0.15) is 0 Å². The first-order valence-corrected chi connectivity index (χ1v) is 9.80. The summed E-state index contributed by atoms with van der Waals surface area (Å²) in [7, 11) is -3.07. The summed E-state index contributed by atoms with van der Waals surface area (Å²) in [6, 6.07) is 14.7. The summed E-state index contributed by atoms with van der Waals surface area (Å²) in [5.41, 5.74) is 2.93. The summed E-state index contributed by atoms with van der Waals surface area (Å²) in [5.74, 6) is -0.194. The van der Waals surface area contributed by atoms with Crippen molar-refractivity contribution in [1.82, 2.24) is 4.98 Å². The zero-order valence-corrected chi connectivity index (χ0v) is 14.1. The van der Waals surface area contributed by atoms with E-state index < -0.39 is 15.8 Å². The Labute approximate surface area is 144 Å². The minimum atomic E-state index is -3.07. The molecule has 0 radical (unpaired) electrons. The van der Waals surface area contributed by atoms with Gasteiger partial charge >= 0.3 is 0 Å². The Morgan fingerprint density at radius 2 is 1.88 bits per heavy atom. The zero-order valence-electron chi connectivity index (χ0n) is 13.3. The minimum Gasteiger partial charge on any atom is -0.436 e. The van der Waals surface area contributed by atoms with E-state index in [1.54, 1.807) is 12.1 Å². The lowest BCUT2D eigenvalue weighted by Crippen LogP contribution is -2.23. The topological polar surface area (TPSA) is 89.3 Å². The molecule has 1 aromatic heterocycles. The van der Waals surface area contributed by atoms with Crippen molar-refractivity contribution in [3.63, 3.8) is 0 Å². The molecule has 1 fully saturated rings. The number of para-hydroxylation sites is 2. The molecule has 7 heteroatoms. The highest BCUT2D eigenvalue weighted by Crippen LogP contribution is 2.26. The first-order valence-electron chi connectivity index (χ1n) is 7.97. The van der Waals surface area contributed by atoms with Crippen LogP contribution in [0.25, 0.3) is 22.6 Å². The number of nitrogens with one attached hydrogen (secondary N) is 1. The number of fused-ring (bicyclic) bond motifs is 1. The highest BCUT2D eigenvalue weighted by atomic mass is 32.2. The SMILES string of the molecule is O=C(Nc1ccc(-c2nc3ccccc3o2)cc1)C1CCS(=O)(=O)C1. The van der Waals surface area contributed by atoms with Gasteiger partial charge in [0.05, 0.1) is 17.4 Å². The molecule has 3 aromatic rings. The molecule has 1 aliphatic rings. The van der Waals surface area contributed by atoms with Crippen LogP contribution >= 0.6 is 0 Å². The van der Waals surface area contributed by atoms with E-state index in [0.29, 0.717) is 18.0 Å². The third-order valence-electron chi connectivity index (χ3n) is 4.30. The molecule has 1 aliphatic heterocycles. The molecular weight excluding hydrogens is 340 g/mol. The maximum atomic E-state index is 12.2. The second kappa shape index (κ2) is 6.00. The molecule has 128 valence electrons. The van der Waals surface area contributed by atoms with E-state index in [4.69, 9.17) is 4.42 Å². The van der Waals surface area contributed by atoms with Crippen molar-refractivity contribution < 1.29 is 17.6 Å². The van der Waals surface area contributed by atoms with E-state index in [9.17, 15) is 13.2 Å². The van der Waals surface area contributed by atoms with Crippen molar-refractivity contribution in [1.29, 1.82) is 0 Å². The number of sulfone groups is 1. The maximum absolute atomic E-state index is 12.2. The fraction of sp³-hybridized carbons (Fsp3) is 0.222. The van der Waals surface area contributed by atoms with Gasteiger partial charge in [0.15, 0.2) is 15.4 Å². The van der Waals surface area contributed by atoms with Crippen LogP contribution in [0.15, 0.2) is 52.9 Å². The number of oxazole rings is 1. The van der Waals surface area contributed by atoms with Crippen LogP contribution in [-0.2, 0) is 14.6 Å². The predicted molar refractivity (Wildman–Crippen MR) is 94.8 cm³/mol. The average molecular weight is 356 g/mol. The summed E-state index contributed by atoms with van der Waals surface area (Å²) in [4.78, 5) is 16.6. The van der Waals surface area contributed by atoms with Gasteiger partial charge in [-0.15, -0.1) is 0 Å². The molecule has 0 bridgehead atoms. The molecule has 0 saturated carbocycles. The van der Waals surface area contributed by atoms with Crippen LogP contribution in [0.1, 0.15) is 6.42 Å². The summed E-state index contributed by atoms with van der Waals surface area (Å²) in [6.45, 7) is 0. The summed E-state index contributed by atoms with van der Waals surface area (Å²) in [6.07, 6.45) is 0.384. The molecule has 1 amide bonds. The van der Waals surface area contributed by atoms with E-state index in [1.165, 1.54) is 0 Å². The maximum Gasteiger partial charge on any atom is 0.228 e. The van der Waals surface area contributed by atoms with Gasteiger partial charge in [-0.3, -0.25) is 4.79 Å². The van der Waals surface area contributed by atoms with Crippen molar-refractivity contribution >= 4 is 32.5 Å². The van der Waals surface area contributed by atoms with Gasteiger partial charge in [0.25, 0.3) is 0 Å². The van der Waals surface area contributed by atoms with E-state index in [2.05, 4.69) is 10.3 Å². The van der Waals surface area contributed by atoms with Gasteiger partial charge in [0.1, 0.15) is 5.52 Å². The Bertz CT molecular complexity index is 1010. The molecule has 1 saturated heterocycles. The molecular formula is C18H16N2O4S. The Kier molecular flexibility index (Phi) is 3.80. The van der Waals surface area contributed by atoms with E-state index in [0.717, 1.165) is 16.7 Å². The second-order valence-electron chi connectivity index (χ2n) is 6.15. The van der Waals surface area contributed by atoms with Crippen molar-refractivity contribution in [2.24, 2.45) is 5.92 Å². The van der Waals surface area contributed by atoms with Gasteiger partial charge < -0.3 is 9.73 Å². The molecule has 2 heterocycles. The summed E-state index contributed by atoms with van der Waals surface area (Å²) < 4.78 is 28.7. The molecule has 2 aromatic carbocycles. The highest BCUT2D eigenvalue weighted by Gasteiger charge is 2.32. The molecule has 1 N–H and O–H groups in total. The molecule has 0 spiro atoms. The number of hydrogen-bond donors (Lipinski definition) is 1. The van der Waals surface area contributed by atoms with Gasteiger partial charge in [0.2, 0.25) is 11.8 Å². The van der Waals surface area contributed by atoms with Gasteiger partial charge in [0, 0.05) is 11.3 Å². The third kappa shape index (κ3) is 3.28. The lowest BCUT2D eigenvalue weighted by Gasteiger charge is -2.09. The number of aromatic nitrogens is 1. The van der Waals surface area contributed by atoms with E-state index in [1.807, 2.05) is 36.4 Å². The Morgan fingerprint density at radius 1 is 1.12 bits per heavy atom. The van der Waals surface area contributed by atoms with Crippen LogP contribution in [0.3, 0.4) is 0 Å². The molecule has 1 atom stereocenters. The largest absolute Gasteiger partial charge is 0.436 e. The first-order chi connectivity index (χ1) is 12.0. The van der Waals surface area contributed by atoms with Crippen LogP contribution in [0.2, 0.25) is 0 Å². The number of benzene rings is 2. The molecule has 4 rings (SSSR count). The number of carbonyl (C=O) groups is 1. The van der Waals surface area contributed by atoms with Gasteiger partial charge in [-0.05, 0) is 42.8 Å². The molecule has 1 unspecified atom stereocenters. The normalized spacial score (nSPS) is 19.1. The summed E-state index contributed by atoms with van der Waals surface area (Å²) >= 11 is 0. The number of rotatable bonds is 3. The molecule has 0 aliphatic carbocycles. The number of carbonyl (C=O) groups excluding carboxylic acids is 1. The monoisotopic (exact) mass is 356 g/mol. The van der Waals surface area contributed by atoms with Crippen molar-refractivity contribution in [2.45, 2.75) is 6.42 Å². The quantitative estimate of drug-likeness (QED) is 0.779. The fourth-order valence-corrected chi connectivity index (χ4v) is 4.68. The number of nitrogens with zero attached hydrogens (tertiary/aromatic N) is 1. The van der Waals surface area contributed by atoms with Crippen molar-refractivity contribution in [2.75, 3.05) is 16.8 Å². The first kappa shape index (κ1) is 15.8. The van der Waals surface area contributed by atoms with Crippen molar-refractivity contribution in [3.05, 3.63) is 48.5 Å². The Hall–Kier alpha value is -2.67. The Balaban J connectivity index is 1.49. The van der Waals surface area contributed by atoms with Crippen LogP contribution < -0.4 is 5.32 Å². The number of amides is 1. The van der Waals surface area contributed by atoms with Gasteiger partial charge in [-0.1, -0.05) is 12.1 Å². The minimum absolute atomic E-state index is 0.0696. The lowest BCUT2D eigenvalue weighted by molar-refractivity contribution is -0.119. The van der Waals surface area contributed by atoms with Crippen LogP contribution in [-0.4, -0.2) is 30.8 Å². The molecule has 6 nitrogen and oxygen atoms in total. The van der Waals surface area contributed by atoms with E-state index >= 15 is 0 Å². The van der Waals surface area contributed by atoms with Crippen molar-refractivity contribution in [3.8, 4) is 11.5 Å². The lowest BCUT2D eigenvalue weighted by atomic mass is 10.1. The number of anilines is 1. The predicted octanol–water partition coefficient (Wildman–Crippen LogP) is 2.87. The van der Waals surface area contributed by atoms with Crippen LogP contribution in [0, 0.1) is 5.92 Å². The second-order valence-corrected chi connectivity index (χ2v) is 8.38. The van der Waals surface area contributed by atoms with E-state index in [-0.39, 0.29) is 17.4 Å². The third-order valence-corrected chi connectivity index (χ3v) is 6.06. The number of hydrogen-bond acceptors (Lipinski definition) is 5. The van der Waals surface area contributed by atoms with Crippen LogP contribution in [0.5, 0.6) is 0 Å². The summed E-state index contributed by atoms with van der Waals surface area (Å²) in [5, 5.41) is 2.77. The smallest absolute Gasteiger partial charge is 0.228 e. The van der Waals surface area contributed by atoms with Crippen LogP contribution in [0.4, 0.5) is 5.69 Å². The highest BCUT2D eigenvalue weighted by molar-refractivity contribution is 7.91. The molecule has 25 heavy (non-hydrogen) atoms. The Morgan fingerprint density at radius 3 is 2.56 bits per heavy atom.